The van der Waals surface area contributed by atoms with Crippen molar-refractivity contribution in [2.24, 2.45) is 7.05 Å². The third-order valence-corrected chi connectivity index (χ3v) is 5.13. The van der Waals surface area contributed by atoms with Crippen LogP contribution in [0, 0.1) is 5.82 Å². The van der Waals surface area contributed by atoms with E-state index in [0.29, 0.717) is 22.2 Å². The molecule has 0 saturated heterocycles. The van der Waals surface area contributed by atoms with Gasteiger partial charge in [0, 0.05) is 24.8 Å². The Balaban J connectivity index is 1.82. The number of aromatic nitrogens is 4. The second-order valence-corrected chi connectivity index (χ2v) is 7.59. The summed E-state index contributed by atoms with van der Waals surface area (Å²) in [5.74, 6) is -0.241. The first-order valence-corrected chi connectivity index (χ1v) is 9.92. The van der Waals surface area contributed by atoms with Crippen molar-refractivity contribution in [2.75, 3.05) is 0 Å². The summed E-state index contributed by atoms with van der Waals surface area (Å²) >= 11 is 0. The summed E-state index contributed by atoms with van der Waals surface area (Å²) in [6.07, 6.45) is 3.40. The number of fused-ring (bicyclic) bond motifs is 1. The Kier molecular flexibility index (Phi) is 5.37. The number of halogens is 1. The van der Waals surface area contributed by atoms with Gasteiger partial charge in [-0.1, -0.05) is 30.3 Å². The third-order valence-electron chi connectivity index (χ3n) is 5.13. The minimum absolute atomic E-state index is 0.144. The fourth-order valence-electron chi connectivity index (χ4n) is 3.53. The van der Waals surface area contributed by atoms with Gasteiger partial charge in [-0.25, -0.2) is 14.1 Å². The summed E-state index contributed by atoms with van der Waals surface area (Å²) in [5, 5.41) is 8.23. The van der Waals surface area contributed by atoms with Gasteiger partial charge in [0.25, 0.3) is 11.5 Å². The molecule has 4 aromatic rings. The van der Waals surface area contributed by atoms with Gasteiger partial charge in [-0.05, 0) is 37.6 Å². The summed E-state index contributed by atoms with van der Waals surface area (Å²) in [6.45, 7) is 3.67. The molecule has 1 N–H and O–H groups in total. The van der Waals surface area contributed by atoms with Gasteiger partial charge in [-0.2, -0.15) is 5.10 Å². The van der Waals surface area contributed by atoms with Crippen LogP contribution in [0.15, 0.2) is 65.7 Å². The Morgan fingerprint density at radius 1 is 1.06 bits per heavy atom. The van der Waals surface area contributed by atoms with Gasteiger partial charge in [-0.15, -0.1) is 0 Å². The van der Waals surface area contributed by atoms with Crippen LogP contribution in [-0.4, -0.2) is 25.2 Å². The first-order chi connectivity index (χ1) is 14.9. The zero-order valence-electron chi connectivity index (χ0n) is 17.4. The number of hydrogen-bond donors (Lipinski definition) is 1. The highest BCUT2D eigenvalue weighted by molar-refractivity contribution is 6.05. The normalized spacial score (nSPS) is 12.3. The molecule has 0 aliphatic carbocycles. The summed E-state index contributed by atoms with van der Waals surface area (Å²) < 4.78 is 16.6. The van der Waals surface area contributed by atoms with Crippen molar-refractivity contribution in [3.8, 4) is 0 Å². The number of aryl methyl sites for hydroxylation is 1. The van der Waals surface area contributed by atoms with E-state index in [0.717, 1.165) is 0 Å². The molecule has 4 rings (SSSR count). The molecule has 31 heavy (non-hydrogen) atoms. The van der Waals surface area contributed by atoms with Crippen molar-refractivity contribution in [1.82, 2.24) is 24.6 Å². The maximum absolute atomic E-state index is 13.5. The van der Waals surface area contributed by atoms with Crippen LogP contribution >= 0.6 is 0 Å². The molecule has 0 spiro atoms. The second kappa shape index (κ2) is 8.14. The molecule has 0 bridgehead atoms. The maximum Gasteiger partial charge on any atom is 0.274 e. The van der Waals surface area contributed by atoms with E-state index in [9.17, 15) is 14.0 Å². The number of rotatable bonds is 5. The van der Waals surface area contributed by atoms with Crippen molar-refractivity contribution in [3.63, 3.8) is 0 Å². The van der Waals surface area contributed by atoms with Crippen LogP contribution in [-0.2, 0) is 7.05 Å². The molecule has 0 aliphatic heterocycles. The quantitative estimate of drug-likeness (QED) is 0.538. The van der Waals surface area contributed by atoms with Crippen LogP contribution in [0.1, 0.15) is 47.8 Å². The predicted molar refractivity (Wildman–Crippen MR) is 115 cm³/mol. The lowest BCUT2D eigenvalue weighted by Crippen LogP contribution is -2.34. The van der Waals surface area contributed by atoms with Gasteiger partial charge in [0.1, 0.15) is 17.7 Å². The van der Waals surface area contributed by atoms with Crippen molar-refractivity contribution >= 4 is 16.7 Å². The molecule has 0 fully saturated rings. The van der Waals surface area contributed by atoms with Crippen LogP contribution in [0.2, 0.25) is 0 Å². The van der Waals surface area contributed by atoms with Crippen LogP contribution in [0.3, 0.4) is 0 Å². The van der Waals surface area contributed by atoms with E-state index in [2.05, 4.69) is 15.4 Å². The molecule has 2 heterocycles. The molecular formula is C23H22FN5O2. The monoisotopic (exact) mass is 419 g/mol. The van der Waals surface area contributed by atoms with Crippen molar-refractivity contribution in [3.05, 3.63) is 94.2 Å². The molecule has 0 radical (unpaired) electrons. The zero-order valence-corrected chi connectivity index (χ0v) is 17.4. The molecular weight excluding hydrogens is 397 g/mol. The highest BCUT2D eigenvalue weighted by Crippen LogP contribution is 2.22. The van der Waals surface area contributed by atoms with E-state index in [4.69, 9.17) is 0 Å². The smallest absolute Gasteiger partial charge is 0.274 e. The minimum Gasteiger partial charge on any atom is -0.337 e. The van der Waals surface area contributed by atoms with E-state index >= 15 is 0 Å². The van der Waals surface area contributed by atoms with Gasteiger partial charge >= 0.3 is 0 Å². The molecule has 2 aromatic carbocycles. The van der Waals surface area contributed by atoms with Gasteiger partial charge in [0.15, 0.2) is 5.69 Å². The summed E-state index contributed by atoms with van der Waals surface area (Å²) in [7, 11) is 1.82. The van der Waals surface area contributed by atoms with E-state index in [1.807, 2.05) is 20.9 Å². The second-order valence-electron chi connectivity index (χ2n) is 7.59. The number of hydrogen-bond acceptors (Lipinski definition) is 4. The van der Waals surface area contributed by atoms with Crippen LogP contribution < -0.4 is 10.9 Å². The van der Waals surface area contributed by atoms with E-state index in [1.54, 1.807) is 53.4 Å². The first-order valence-electron chi connectivity index (χ1n) is 9.92. The molecule has 7 nitrogen and oxygen atoms in total. The summed E-state index contributed by atoms with van der Waals surface area (Å²) in [5.41, 5.74) is 0.567. The van der Waals surface area contributed by atoms with Gasteiger partial charge in [-0.3, -0.25) is 9.59 Å². The number of carbonyl (C=O) groups excluding carboxylic acids is 1. The van der Waals surface area contributed by atoms with Gasteiger partial charge in [0.05, 0.1) is 11.4 Å². The lowest BCUT2D eigenvalue weighted by molar-refractivity contribution is 0.0935. The Labute approximate surface area is 178 Å². The molecule has 2 aromatic heterocycles. The Morgan fingerprint density at radius 2 is 1.74 bits per heavy atom. The fourth-order valence-corrected chi connectivity index (χ4v) is 3.53. The predicted octanol–water partition coefficient (Wildman–Crippen LogP) is 3.37. The Morgan fingerprint density at radius 3 is 2.35 bits per heavy atom. The summed E-state index contributed by atoms with van der Waals surface area (Å²) in [6, 6.07) is 11.9. The molecule has 1 atom stereocenters. The topological polar surface area (TPSA) is 81.8 Å². The average molecular weight is 419 g/mol. The fraction of sp³-hybridized carbons (Fsp3) is 0.217. The average Bonchev–Trinajstić information content (AvgIpc) is 3.18. The summed E-state index contributed by atoms with van der Waals surface area (Å²) in [4.78, 5) is 30.5. The van der Waals surface area contributed by atoms with Gasteiger partial charge in [0.2, 0.25) is 0 Å². The number of imidazole rings is 1. The highest BCUT2D eigenvalue weighted by Gasteiger charge is 2.24. The molecule has 1 unspecified atom stereocenters. The standard InChI is InChI=1S/C23H22FN5O2/c1-14(2)29-23(31)18-7-5-4-6-17(18)20(27-29)22(30)26-19(21-25-12-13-28(21)3)15-8-10-16(24)11-9-15/h4-14,19H,1-3H3,(H,26,30). The minimum atomic E-state index is -0.631. The van der Waals surface area contributed by atoms with E-state index < -0.39 is 11.9 Å². The van der Waals surface area contributed by atoms with Crippen molar-refractivity contribution in [1.29, 1.82) is 0 Å². The molecule has 158 valence electrons. The van der Waals surface area contributed by atoms with E-state index in [-0.39, 0.29) is 23.1 Å². The number of benzene rings is 2. The van der Waals surface area contributed by atoms with Gasteiger partial charge < -0.3 is 9.88 Å². The lowest BCUT2D eigenvalue weighted by atomic mass is 10.0. The van der Waals surface area contributed by atoms with Crippen molar-refractivity contribution < 1.29 is 9.18 Å². The SMILES string of the molecule is CC(C)n1nc(C(=O)NC(c2ccc(F)cc2)c2nccn2C)c2ccccc2c1=O. The van der Waals surface area contributed by atoms with E-state index in [1.165, 1.54) is 16.8 Å². The molecule has 0 saturated carbocycles. The number of nitrogens with zero attached hydrogens (tertiary/aromatic N) is 4. The lowest BCUT2D eigenvalue weighted by Gasteiger charge is -2.20. The van der Waals surface area contributed by atoms with Crippen LogP contribution in [0.4, 0.5) is 4.39 Å². The number of nitrogens with one attached hydrogen (secondary N) is 1. The van der Waals surface area contributed by atoms with Crippen LogP contribution in [0.25, 0.3) is 10.8 Å². The third kappa shape index (κ3) is 3.84. The Bertz CT molecular complexity index is 1310. The molecule has 1 amide bonds. The molecule has 8 heteroatoms. The highest BCUT2D eigenvalue weighted by atomic mass is 19.1. The first kappa shape index (κ1) is 20.5. The van der Waals surface area contributed by atoms with Crippen LogP contribution in [0.5, 0.6) is 0 Å². The zero-order chi connectivity index (χ0) is 22.1. The largest absolute Gasteiger partial charge is 0.337 e. The van der Waals surface area contributed by atoms with Crippen molar-refractivity contribution in [2.45, 2.75) is 25.9 Å². The Hall–Kier alpha value is -3.81. The molecule has 0 aliphatic rings. The number of amides is 1. The maximum atomic E-state index is 13.5. The number of carbonyl (C=O) groups is 1.